The highest BCUT2D eigenvalue weighted by atomic mass is 32.2. The van der Waals surface area contributed by atoms with Crippen molar-refractivity contribution in [3.63, 3.8) is 0 Å². The van der Waals surface area contributed by atoms with Gasteiger partial charge in [0, 0.05) is 27.6 Å². The molecule has 1 heterocycles. The highest BCUT2D eigenvalue weighted by Gasteiger charge is 2.22. The maximum Gasteiger partial charge on any atom is 0.266 e. The number of ether oxygens (including phenoxy) is 1. The Balaban J connectivity index is 1.69. The van der Waals surface area contributed by atoms with Gasteiger partial charge in [-0.3, -0.25) is 4.79 Å². The fourth-order valence-corrected chi connectivity index (χ4v) is 4.94. The number of hydrogen-bond acceptors (Lipinski definition) is 5. The topological polar surface area (TPSA) is 72.5 Å². The summed E-state index contributed by atoms with van der Waals surface area (Å²) in [5.41, 5.74) is 0.777. The third-order valence-corrected chi connectivity index (χ3v) is 6.92. The number of benzene rings is 3. The molecule has 158 valence electrons. The summed E-state index contributed by atoms with van der Waals surface area (Å²) in [4.78, 5) is 13.5. The molecule has 1 amide bonds. The van der Waals surface area contributed by atoms with Gasteiger partial charge in [-0.15, -0.1) is 11.3 Å². The van der Waals surface area contributed by atoms with E-state index in [9.17, 15) is 17.6 Å². The van der Waals surface area contributed by atoms with E-state index in [1.165, 1.54) is 18.2 Å². The van der Waals surface area contributed by atoms with Crippen LogP contribution in [-0.2, 0) is 16.4 Å². The van der Waals surface area contributed by atoms with Crippen LogP contribution in [0.3, 0.4) is 0 Å². The first-order chi connectivity index (χ1) is 14.8. The summed E-state index contributed by atoms with van der Waals surface area (Å²) in [5, 5.41) is 3.06. The van der Waals surface area contributed by atoms with Crippen molar-refractivity contribution in [2.75, 3.05) is 11.6 Å². The van der Waals surface area contributed by atoms with E-state index in [4.69, 9.17) is 4.74 Å². The molecule has 0 saturated carbocycles. The number of carbonyl (C=O) groups is 1. The summed E-state index contributed by atoms with van der Waals surface area (Å²) in [7, 11) is -3.42. The maximum absolute atomic E-state index is 14.6. The highest BCUT2D eigenvalue weighted by Crippen LogP contribution is 2.34. The zero-order valence-corrected chi connectivity index (χ0v) is 18.1. The SMILES string of the molecule is CS(=O)(=O)c1cccc(NC(=O)c2sc3cccc(F)c3c2COc2ccccc2)c1. The van der Waals surface area contributed by atoms with Crippen molar-refractivity contribution in [1.29, 1.82) is 0 Å². The Bertz CT molecular complexity index is 1370. The average Bonchev–Trinajstić information content (AvgIpc) is 3.13. The van der Waals surface area contributed by atoms with Crippen molar-refractivity contribution in [2.24, 2.45) is 0 Å². The molecular weight excluding hydrogens is 437 g/mol. The largest absolute Gasteiger partial charge is 0.489 e. The average molecular weight is 456 g/mol. The van der Waals surface area contributed by atoms with Gasteiger partial charge in [-0.05, 0) is 42.5 Å². The van der Waals surface area contributed by atoms with Crippen LogP contribution in [0.2, 0.25) is 0 Å². The van der Waals surface area contributed by atoms with Crippen LogP contribution in [0.25, 0.3) is 10.1 Å². The second-order valence-corrected chi connectivity index (χ2v) is 9.95. The van der Waals surface area contributed by atoms with Gasteiger partial charge in [0.25, 0.3) is 5.91 Å². The van der Waals surface area contributed by atoms with E-state index >= 15 is 0 Å². The van der Waals surface area contributed by atoms with Gasteiger partial charge in [-0.1, -0.05) is 30.3 Å². The molecule has 0 unspecified atom stereocenters. The number of para-hydroxylation sites is 1. The molecule has 5 nitrogen and oxygen atoms in total. The molecule has 4 aromatic rings. The molecule has 0 spiro atoms. The lowest BCUT2D eigenvalue weighted by Gasteiger charge is -2.10. The summed E-state index contributed by atoms with van der Waals surface area (Å²) >= 11 is 1.16. The maximum atomic E-state index is 14.6. The number of carbonyl (C=O) groups excluding carboxylic acids is 1. The molecular formula is C23H18FNO4S2. The Labute approximate surface area is 183 Å². The zero-order valence-electron chi connectivity index (χ0n) is 16.5. The molecule has 0 bridgehead atoms. The molecule has 0 aliphatic carbocycles. The molecule has 0 radical (unpaired) electrons. The third-order valence-electron chi connectivity index (χ3n) is 4.62. The smallest absolute Gasteiger partial charge is 0.266 e. The van der Waals surface area contributed by atoms with Gasteiger partial charge >= 0.3 is 0 Å². The highest BCUT2D eigenvalue weighted by molar-refractivity contribution is 7.90. The Morgan fingerprint density at radius 1 is 1.03 bits per heavy atom. The van der Waals surface area contributed by atoms with Gasteiger partial charge in [0.05, 0.1) is 4.90 Å². The van der Waals surface area contributed by atoms with E-state index in [2.05, 4.69) is 5.32 Å². The van der Waals surface area contributed by atoms with Crippen LogP contribution in [0, 0.1) is 5.82 Å². The molecule has 1 aromatic heterocycles. The molecule has 4 rings (SSSR count). The van der Waals surface area contributed by atoms with Crippen LogP contribution in [0.4, 0.5) is 10.1 Å². The van der Waals surface area contributed by atoms with Gasteiger partial charge in [-0.2, -0.15) is 0 Å². The first-order valence-corrected chi connectivity index (χ1v) is 12.0. The Hall–Kier alpha value is -3.23. The molecule has 1 N–H and O–H groups in total. The Kier molecular flexibility index (Phi) is 5.75. The van der Waals surface area contributed by atoms with Crippen molar-refractivity contribution in [3.8, 4) is 5.75 Å². The van der Waals surface area contributed by atoms with Crippen molar-refractivity contribution in [1.82, 2.24) is 0 Å². The predicted octanol–water partition coefficient (Wildman–Crippen LogP) is 5.28. The fraction of sp³-hybridized carbons (Fsp3) is 0.0870. The van der Waals surface area contributed by atoms with Crippen LogP contribution in [0.1, 0.15) is 15.2 Å². The van der Waals surface area contributed by atoms with Crippen LogP contribution in [0.15, 0.2) is 77.7 Å². The lowest BCUT2D eigenvalue weighted by molar-refractivity contribution is 0.102. The number of halogens is 1. The molecule has 0 aliphatic heterocycles. The minimum atomic E-state index is -3.42. The molecule has 0 fully saturated rings. The summed E-state index contributed by atoms with van der Waals surface area (Å²) in [6, 6.07) is 19.7. The molecule has 0 aliphatic rings. The number of hydrogen-bond donors (Lipinski definition) is 1. The molecule has 31 heavy (non-hydrogen) atoms. The van der Waals surface area contributed by atoms with Crippen molar-refractivity contribution in [3.05, 3.63) is 89.1 Å². The standard InChI is InChI=1S/C23H18FNO4S2/c1-31(27,28)17-10-5-7-15(13-17)25-23(26)22-18(14-29-16-8-3-2-4-9-16)21-19(24)11-6-12-20(21)30-22/h2-13H,14H2,1H3,(H,25,26). The minimum Gasteiger partial charge on any atom is -0.489 e. The van der Waals surface area contributed by atoms with E-state index < -0.39 is 21.6 Å². The fourth-order valence-electron chi connectivity index (χ4n) is 3.15. The number of fused-ring (bicyclic) bond motifs is 1. The van der Waals surface area contributed by atoms with Crippen LogP contribution in [0.5, 0.6) is 5.75 Å². The van der Waals surface area contributed by atoms with Gasteiger partial charge in [0.1, 0.15) is 23.1 Å². The summed E-state index contributed by atoms with van der Waals surface area (Å²) in [5.74, 6) is -0.290. The van der Waals surface area contributed by atoms with Crippen molar-refractivity contribution >= 4 is 42.9 Å². The monoisotopic (exact) mass is 455 g/mol. The first kappa shape index (κ1) is 21.0. The van der Waals surface area contributed by atoms with Crippen LogP contribution >= 0.6 is 11.3 Å². The Morgan fingerprint density at radius 2 is 1.77 bits per heavy atom. The zero-order chi connectivity index (χ0) is 22.0. The second-order valence-electron chi connectivity index (χ2n) is 6.88. The quantitative estimate of drug-likeness (QED) is 0.430. The molecule has 8 heteroatoms. The third kappa shape index (κ3) is 4.60. The summed E-state index contributed by atoms with van der Waals surface area (Å²) in [6.45, 7) is 0.0110. The van der Waals surface area contributed by atoms with E-state index in [0.717, 1.165) is 17.6 Å². The van der Waals surface area contributed by atoms with E-state index in [0.29, 0.717) is 32.0 Å². The second kappa shape index (κ2) is 8.49. The number of sulfone groups is 1. The minimum absolute atomic E-state index is 0.0110. The van der Waals surface area contributed by atoms with Gasteiger partial charge in [0.2, 0.25) is 0 Å². The van der Waals surface area contributed by atoms with Gasteiger partial charge < -0.3 is 10.1 Å². The number of thiophene rings is 1. The predicted molar refractivity (Wildman–Crippen MR) is 120 cm³/mol. The normalized spacial score (nSPS) is 11.4. The number of amides is 1. The molecule has 0 atom stereocenters. The lowest BCUT2D eigenvalue weighted by Crippen LogP contribution is -2.13. The number of rotatable bonds is 6. The van der Waals surface area contributed by atoms with Crippen LogP contribution in [-0.4, -0.2) is 20.6 Å². The Morgan fingerprint density at radius 3 is 2.52 bits per heavy atom. The van der Waals surface area contributed by atoms with Gasteiger partial charge in [-0.25, -0.2) is 12.8 Å². The summed E-state index contributed by atoms with van der Waals surface area (Å²) < 4.78 is 44.6. The van der Waals surface area contributed by atoms with Crippen LogP contribution < -0.4 is 10.1 Å². The molecule has 0 saturated heterocycles. The van der Waals surface area contributed by atoms with E-state index in [-0.39, 0.29) is 11.5 Å². The summed E-state index contributed by atoms with van der Waals surface area (Å²) in [6.07, 6.45) is 1.10. The van der Waals surface area contributed by atoms with Crippen molar-refractivity contribution in [2.45, 2.75) is 11.5 Å². The number of anilines is 1. The molecule has 3 aromatic carbocycles. The number of nitrogens with one attached hydrogen (secondary N) is 1. The lowest BCUT2D eigenvalue weighted by atomic mass is 10.1. The van der Waals surface area contributed by atoms with Crippen molar-refractivity contribution < 1.29 is 22.3 Å². The van der Waals surface area contributed by atoms with Gasteiger partial charge in [0.15, 0.2) is 9.84 Å². The first-order valence-electron chi connectivity index (χ1n) is 9.32. The van der Waals surface area contributed by atoms with E-state index in [1.807, 2.05) is 18.2 Å². The van der Waals surface area contributed by atoms with E-state index in [1.54, 1.807) is 36.4 Å².